The third-order valence-electron chi connectivity index (χ3n) is 3.60. The molecule has 0 unspecified atom stereocenters. The van der Waals surface area contributed by atoms with Gasteiger partial charge in [0.25, 0.3) is 0 Å². The van der Waals surface area contributed by atoms with E-state index in [1.807, 2.05) is 31.2 Å². The van der Waals surface area contributed by atoms with Gasteiger partial charge in [0, 0.05) is 33.6 Å². The number of hydrogen-bond donors (Lipinski definition) is 1. The molecule has 0 aliphatic carbocycles. The van der Waals surface area contributed by atoms with Crippen LogP contribution in [0.25, 0.3) is 11.4 Å². The molecule has 0 saturated carbocycles. The molecule has 3 aromatic rings. The Balaban J connectivity index is 1.58. The van der Waals surface area contributed by atoms with Crippen molar-refractivity contribution >= 4 is 39.1 Å². The number of hydrogen-bond acceptors (Lipinski definition) is 4. The summed E-state index contributed by atoms with van der Waals surface area (Å²) in [5, 5.41) is 7.45. The van der Waals surface area contributed by atoms with Gasteiger partial charge in [-0.1, -0.05) is 32.7 Å². The van der Waals surface area contributed by atoms with Gasteiger partial charge in [-0.2, -0.15) is 4.98 Å². The normalized spacial score (nSPS) is 10.7. The number of amides is 1. The molecule has 0 saturated heterocycles. The first-order chi connectivity index (χ1) is 12.0. The highest BCUT2D eigenvalue weighted by molar-refractivity contribution is 9.10. The molecular weight excluding hydrogens is 406 g/mol. The van der Waals surface area contributed by atoms with Gasteiger partial charge in [0.1, 0.15) is 0 Å². The van der Waals surface area contributed by atoms with Gasteiger partial charge in [0.2, 0.25) is 17.6 Å². The fourth-order valence-electron chi connectivity index (χ4n) is 2.27. The number of aromatic nitrogens is 2. The van der Waals surface area contributed by atoms with Crippen LogP contribution in [0.3, 0.4) is 0 Å². The SMILES string of the molecule is Cc1cc(Cl)ccc1NC(=O)CCc1nc(-c2ccc(Br)cc2)no1. The van der Waals surface area contributed by atoms with Gasteiger partial charge in [-0.3, -0.25) is 4.79 Å². The van der Waals surface area contributed by atoms with Crippen molar-refractivity contribution in [3.8, 4) is 11.4 Å². The van der Waals surface area contributed by atoms with Crippen LogP contribution in [0.5, 0.6) is 0 Å². The van der Waals surface area contributed by atoms with E-state index in [1.165, 1.54) is 0 Å². The molecular formula is C18H15BrClN3O2. The standard InChI is InChI=1S/C18H15BrClN3O2/c1-11-10-14(20)6-7-15(11)21-16(24)8-9-17-22-18(23-25-17)12-2-4-13(19)5-3-12/h2-7,10H,8-9H2,1H3,(H,21,24). The molecule has 2 aromatic carbocycles. The number of carbonyl (C=O) groups is 1. The van der Waals surface area contributed by atoms with E-state index in [4.69, 9.17) is 16.1 Å². The number of carbonyl (C=O) groups excluding carboxylic acids is 1. The monoisotopic (exact) mass is 419 g/mol. The second-order valence-electron chi connectivity index (χ2n) is 5.53. The first-order valence-electron chi connectivity index (χ1n) is 7.66. The van der Waals surface area contributed by atoms with E-state index in [0.717, 1.165) is 21.3 Å². The fourth-order valence-corrected chi connectivity index (χ4v) is 2.76. The average molecular weight is 421 g/mol. The summed E-state index contributed by atoms with van der Waals surface area (Å²) in [7, 11) is 0. The Kier molecular flexibility index (Phi) is 5.50. The van der Waals surface area contributed by atoms with Crippen molar-refractivity contribution < 1.29 is 9.32 Å². The van der Waals surface area contributed by atoms with Crippen LogP contribution in [0, 0.1) is 6.92 Å². The molecule has 3 rings (SSSR count). The molecule has 0 fully saturated rings. The van der Waals surface area contributed by atoms with Crippen molar-refractivity contribution in [2.24, 2.45) is 0 Å². The van der Waals surface area contributed by atoms with Crippen molar-refractivity contribution in [2.75, 3.05) is 5.32 Å². The Morgan fingerprint density at radius 2 is 2.00 bits per heavy atom. The van der Waals surface area contributed by atoms with Crippen LogP contribution in [0.4, 0.5) is 5.69 Å². The average Bonchev–Trinajstić information content (AvgIpc) is 3.05. The maximum absolute atomic E-state index is 12.1. The fraction of sp³-hybridized carbons (Fsp3) is 0.167. The summed E-state index contributed by atoms with van der Waals surface area (Å²) in [5.41, 5.74) is 2.52. The van der Waals surface area contributed by atoms with Gasteiger partial charge >= 0.3 is 0 Å². The lowest BCUT2D eigenvalue weighted by atomic mass is 10.2. The molecule has 1 N–H and O–H groups in total. The van der Waals surface area contributed by atoms with Crippen LogP contribution in [0.2, 0.25) is 5.02 Å². The van der Waals surface area contributed by atoms with E-state index < -0.39 is 0 Å². The summed E-state index contributed by atoms with van der Waals surface area (Å²) >= 11 is 9.30. The summed E-state index contributed by atoms with van der Waals surface area (Å²) in [5.74, 6) is 0.825. The zero-order valence-corrected chi connectivity index (χ0v) is 15.8. The molecule has 0 bridgehead atoms. The van der Waals surface area contributed by atoms with Gasteiger partial charge in [-0.25, -0.2) is 0 Å². The van der Waals surface area contributed by atoms with Crippen molar-refractivity contribution in [1.29, 1.82) is 0 Å². The van der Waals surface area contributed by atoms with E-state index in [1.54, 1.807) is 18.2 Å². The van der Waals surface area contributed by atoms with Crippen LogP contribution in [-0.2, 0) is 11.2 Å². The van der Waals surface area contributed by atoms with E-state index in [2.05, 4.69) is 31.4 Å². The van der Waals surface area contributed by atoms with Crippen molar-refractivity contribution in [1.82, 2.24) is 10.1 Å². The highest BCUT2D eigenvalue weighted by Gasteiger charge is 2.11. The zero-order chi connectivity index (χ0) is 17.8. The first-order valence-corrected chi connectivity index (χ1v) is 8.83. The van der Waals surface area contributed by atoms with Crippen molar-refractivity contribution in [2.45, 2.75) is 19.8 Å². The molecule has 7 heteroatoms. The Morgan fingerprint density at radius 3 is 2.72 bits per heavy atom. The summed E-state index contributed by atoms with van der Waals surface area (Å²) in [4.78, 5) is 16.4. The Morgan fingerprint density at radius 1 is 1.24 bits per heavy atom. The second kappa shape index (κ2) is 7.80. The number of rotatable bonds is 5. The van der Waals surface area contributed by atoms with Crippen LogP contribution in [0.1, 0.15) is 17.9 Å². The Hall–Kier alpha value is -2.18. The predicted molar refractivity (Wildman–Crippen MR) is 101 cm³/mol. The number of nitrogens with one attached hydrogen (secondary N) is 1. The second-order valence-corrected chi connectivity index (χ2v) is 6.88. The summed E-state index contributed by atoms with van der Waals surface area (Å²) < 4.78 is 6.20. The van der Waals surface area contributed by atoms with Crippen molar-refractivity contribution in [3.05, 3.63) is 63.4 Å². The van der Waals surface area contributed by atoms with Gasteiger partial charge in [-0.05, 0) is 55.0 Å². The molecule has 1 aromatic heterocycles. The summed E-state index contributed by atoms with van der Waals surface area (Å²) in [6, 6.07) is 12.9. The van der Waals surface area contributed by atoms with Gasteiger partial charge in [0.05, 0.1) is 0 Å². The van der Waals surface area contributed by atoms with Gasteiger partial charge in [-0.15, -0.1) is 0 Å². The maximum atomic E-state index is 12.1. The minimum atomic E-state index is -0.117. The lowest BCUT2D eigenvalue weighted by Gasteiger charge is -2.07. The van der Waals surface area contributed by atoms with E-state index >= 15 is 0 Å². The maximum Gasteiger partial charge on any atom is 0.227 e. The van der Waals surface area contributed by atoms with Crippen LogP contribution < -0.4 is 5.32 Å². The first kappa shape index (κ1) is 17.6. The largest absolute Gasteiger partial charge is 0.339 e. The van der Waals surface area contributed by atoms with Crippen LogP contribution in [0.15, 0.2) is 51.5 Å². The molecule has 1 amide bonds. The van der Waals surface area contributed by atoms with Crippen LogP contribution >= 0.6 is 27.5 Å². The van der Waals surface area contributed by atoms with Crippen LogP contribution in [-0.4, -0.2) is 16.0 Å². The molecule has 0 radical (unpaired) electrons. The Bertz CT molecular complexity index is 894. The molecule has 0 aliphatic rings. The quantitative estimate of drug-likeness (QED) is 0.628. The number of aryl methyl sites for hydroxylation is 2. The molecule has 0 aliphatic heterocycles. The summed E-state index contributed by atoms with van der Waals surface area (Å²) in [6.45, 7) is 1.89. The Labute approximate surface area is 158 Å². The lowest BCUT2D eigenvalue weighted by Crippen LogP contribution is -2.13. The third-order valence-corrected chi connectivity index (χ3v) is 4.36. The summed E-state index contributed by atoms with van der Waals surface area (Å²) in [6.07, 6.45) is 0.631. The van der Waals surface area contributed by atoms with Gasteiger partial charge < -0.3 is 9.84 Å². The van der Waals surface area contributed by atoms with Gasteiger partial charge in [0.15, 0.2) is 0 Å². The minimum Gasteiger partial charge on any atom is -0.339 e. The molecule has 1 heterocycles. The molecule has 5 nitrogen and oxygen atoms in total. The topological polar surface area (TPSA) is 68.0 Å². The number of nitrogens with zero attached hydrogens (tertiary/aromatic N) is 2. The molecule has 128 valence electrons. The third kappa shape index (κ3) is 4.67. The molecule has 25 heavy (non-hydrogen) atoms. The lowest BCUT2D eigenvalue weighted by molar-refractivity contribution is -0.116. The highest BCUT2D eigenvalue weighted by atomic mass is 79.9. The van der Waals surface area contributed by atoms with E-state index in [0.29, 0.717) is 23.2 Å². The van der Waals surface area contributed by atoms with Crippen molar-refractivity contribution in [3.63, 3.8) is 0 Å². The zero-order valence-electron chi connectivity index (χ0n) is 13.4. The predicted octanol–water partition coefficient (Wildman–Crippen LogP) is 5.03. The number of halogens is 2. The minimum absolute atomic E-state index is 0.117. The number of anilines is 1. The molecule has 0 atom stereocenters. The molecule has 0 spiro atoms. The smallest absolute Gasteiger partial charge is 0.227 e. The number of benzene rings is 2. The van der Waals surface area contributed by atoms with E-state index in [9.17, 15) is 4.79 Å². The van der Waals surface area contributed by atoms with E-state index in [-0.39, 0.29) is 12.3 Å². The highest BCUT2D eigenvalue weighted by Crippen LogP contribution is 2.21.